The first kappa shape index (κ1) is 17.9. The Morgan fingerprint density at radius 2 is 1.71 bits per heavy atom. The number of halogens is 1. The lowest BCUT2D eigenvalue weighted by Gasteiger charge is -2.25. The highest BCUT2D eigenvalue weighted by Crippen LogP contribution is 2.21. The van der Waals surface area contributed by atoms with Gasteiger partial charge < -0.3 is 15.1 Å². The summed E-state index contributed by atoms with van der Waals surface area (Å²) in [7, 11) is 4.12. The SMILES string of the molecule is CCCN(CCC)c1cc(CNCCN(C)C)ccc1F. The fourth-order valence-corrected chi connectivity index (χ4v) is 2.34. The Morgan fingerprint density at radius 1 is 1.05 bits per heavy atom. The summed E-state index contributed by atoms with van der Waals surface area (Å²) in [6, 6.07) is 5.46. The molecule has 0 aromatic heterocycles. The topological polar surface area (TPSA) is 18.5 Å². The normalized spacial score (nSPS) is 11.1. The maximum atomic E-state index is 14.1. The standard InChI is InChI=1S/C17H30FN3/c1-5-10-21(11-6-2)17-13-15(7-8-16(17)18)14-19-9-12-20(3)4/h7-8,13,19H,5-6,9-12,14H2,1-4H3. The van der Waals surface area contributed by atoms with Crippen LogP contribution >= 0.6 is 0 Å². The van der Waals surface area contributed by atoms with E-state index in [4.69, 9.17) is 0 Å². The Hall–Kier alpha value is -1.13. The van der Waals surface area contributed by atoms with E-state index in [2.05, 4.69) is 43.1 Å². The van der Waals surface area contributed by atoms with Gasteiger partial charge in [0.2, 0.25) is 0 Å². The lowest BCUT2D eigenvalue weighted by molar-refractivity contribution is 0.400. The van der Waals surface area contributed by atoms with Gasteiger partial charge in [-0.05, 0) is 44.6 Å². The van der Waals surface area contributed by atoms with Crippen molar-refractivity contribution in [1.29, 1.82) is 0 Å². The van der Waals surface area contributed by atoms with Crippen LogP contribution in [0.1, 0.15) is 32.3 Å². The minimum Gasteiger partial charge on any atom is -0.369 e. The summed E-state index contributed by atoms with van der Waals surface area (Å²) in [6.45, 7) is 8.80. The van der Waals surface area contributed by atoms with Crippen molar-refractivity contribution in [2.45, 2.75) is 33.2 Å². The van der Waals surface area contributed by atoms with Crippen molar-refractivity contribution in [3.05, 3.63) is 29.6 Å². The van der Waals surface area contributed by atoms with Crippen LogP contribution in [0.4, 0.5) is 10.1 Å². The van der Waals surface area contributed by atoms with Crippen LogP contribution in [0, 0.1) is 5.82 Å². The molecular weight excluding hydrogens is 265 g/mol. The van der Waals surface area contributed by atoms with Crippen LogP contribution in [0.25, 0.3) is 0 Å². The van der Waals surface area contributed by atoms with E-state index in [-0.39, 0.29) is 5.82 Å². The smallest absolute Gasteiger partial charge is 0.146 e. The Morgan fingerprint density at radius 3 is 2.29 bits per heavy atom. The molecule has 3 nitrogen and oxygen atoms in total. The van der Waals surface area contributed by atoms with Crippen molar-refractivity contribution < 1.29 is 4.39 Å². The molecule has 0 heterocycles. The Bertz CT molecular complexity index is 401. The predicted molar refractivity (Wildman–Crippen MR) is 89.5 cm³/mol. The number of anilines is 1. The molecule has 0 amide bonds. The molecule has 0 saturated carbocycles. The van der Waals surface area contributed by atoms with Crippen LogP contribution in [-0.2, 0) is 6.54 Å². The predicted octanol–water partition coefficient (Wildman–Crippen LogP) is 3.10. The number of benzene rings is 1. The summed E-state index contributed by atoms with van der Waals surface area (Å²) in [6.07, 6.45) is 2.06. The molecule has 0 aliphatic carbocycles. The molecule has 0 fully saturated rings. The van der Waals surface area contributed by atoms with E-state index < -0.39 is 0 Å². The third-order valence-corrected chi connectivity index (χ3v) is 3.40. The average Bonchev–Trinajstić information content (AvgIpc) is 2.45. The summed E-state index contributed by atoms with van der Waals surface area (Å²) in [5.74, 6) is -0.117. The molecule has 120 valence electrons. The summed E-state index contributed by atoms with van der Waals surface area (Å²) in [4.78, 5) is 4.30. The summed E-state index contributed by atoms with van der Waals surface area (Å²) in [5.41, 5.74) is 1.88. The van der Waals surface area contributed by atoms with E-state index in [9.17, 15) is 4.39 Å². The van der Waals surface area contributed by atoms with E-state index in [0.717, 1.165) is 56.8 Å². The number of hydrogen-bond acceptors (Lipinski definition) is 3. The zero-order chi connectivity index (χ0) is 15.7. The molecular formula is C17H30FN3. The maximum Gasteiger partial charge on any atom is 0.146 e. The largest absolute Gasteiger partial charge is 0.369 e. The first-order valence-electron chi connectivity index (χ1n) is 7.97. The highest BCUT2D eigenvalue weighted by Gasteiger charge is 2.11. The average molecular weight is 295 g/mol. The van der Waals surface area contributed by atoms with Gasteiger partial charge in [-0.3, -0.25) is 0 Å². The van der Waals surface area contributed by atoms with Gasteiger partial charge in [-0.2, -0.15) is 0 Å². The molecule has 0 aliphatic heterocycles. The second-order valence-electron chi connectivity index (χ2n) is 5.75. The highest BCUT2D eigenvalue weighted by molar-refractivity contribution is 5.50. The number of rotatable bonds is 10. The monoisotopic (exact) mass is 295 g/mol. The number of nitrogens with one attached hydrogen (secondary N) is 1. The Kier molecular flexibility index (Phi) is 8.31. The quantitative estimate of drug-likeness (QED) is 0.669. The molecule has 1 aromatic rings. The molecule has 0 spiro atoms. The van der Waals surface area contributed by atoms with Gasteiger partial charge in [0.1, 0.15) is 5.82 Å². The molecule has 0 radical (unpaired) electrons. The van der Waals surface area contributed by atoms with Gasteiger partial charge >= 0.3 is 0 Å². The molecule has 1 aromatic carbocycles. The van der Waals surface area contributed by atoms with Crippen LogP contribution in [0.3, 0.4) is 0 Å². The van der Waals surface area contributed by atoms with Crippen LogP contribution in [0.5, 0.6) is 0 Å². The van der Waals surface area contributed by atoms with E-state index in [1.54, 1.807) is 6.07 Å². The Balaban J connectivity index is 2.69. The zero-order valence-corrected chi connectivity index (χ0v) is 14.0. The minimum atomic E-state index is -0.117. The first-order valence-corrected chi connectivity index (χ1v) is 7.97. The van der Waals surface area contributed by atoms with Gasteiger partial charge in [0, 0.05) is 32.7 Å². The summed E-state index contributed by atoms with van der Waals surface area (Å²) < 4.78 is 14.1. The van der Waals surface area contributed by atoms with Crippen molar-refractivity contribution >= 4 is 5.69 Å². The van der Waals surface area contributed by atoms with Gasteiger partial charge in [-0.15, -0.1) is 0 Å². The van der Waals surface area contributed by atoms with Gasteiger partial charge in [0.05, 0.1) is 5.69 Å². The fraction of sp³-hybridized carbons (Fsp3) is 0.647. The van der Waals surface area contributed by atoms with E-state index in [1.165, 1.54) is 0 Å². The molecule has 0 bridgehead atoms. The van der Waals surface area contributed by atoms with Crippen molar-refractivity contribution in [3.63, 3.8) is 0 Å². The molecule has 0 atom stereocenters. The van der Waals surface area contributed by atoms with Crippen molar-refractivity contribution in [3.8, 4) is 0 Å². The fourth-order valence-electron chi connectivity index (χ4n) is 2.34. The summed E-state index contributed by atoms with van der Waals surface area (Å²) in [5, 5.41) is 3.40. The lowest BCUT2D eigenvalue weighted by atomic mass is 10.1. The van der Waals surface area contributed by atoms with Crippen molar-refractivity contribution in [2.24, 2.45) is 0 Å². The van der Waals surface area contributed by atoms with Crippen LogP contribution < -0.4 is 10.2 Å². The van der Waals surface area contributed by atoms with E-state index in [1.807, 2.05) is 12.1 Å². The van der Waals surface area contributed by atoms with Gasteiger partial charge in [-0.1, -0.05) is 19.9 Å². The van der Waals surface area contributed by atoms with Crippen molar-refractivity contribution in [1.82, 2.24) is 10.2 Å². The first-order chi connectivity index (χ1) is 10.1. The van der Waals surface area contributed by atoms with Crippen LogP contribution in [0.15, 0.2) is 18.2 Å². The van der Waals surface area contributed by atoms with Gasteiger partial charge in [-0.25, -0.2) is 4.39 Å². The molecule has 1 rings (SSSR count). The lowest BCUT2D eigenvalue weighted by Crippen LogP contribution is -2.27. The zero-order valence-electron chi connectivity index (χ0n) is 14.0. The second-order valence-corrected chi connectivity index (χ2v) is 5.75. The molecule has 0 aliphatic rings. The third-order valence-electron chi connectivity index (χ3n) is 3.40. The molecule has 0 saturated heterocycles. The van der Waals surface area contributed by atoms with Crippen molar-refractivity contribution in [2.75, 3.05) is 45.2 Å². The molecule has 21 heavy (non-hydrogen) atoms. The maximum absolute atomic E-state index is 14.1. The van der Waals surface area contributed by atoms with Gasteiger partial charge in [0.15, 0.2) is 0 Å². The van der Waals surface area contributed by atoms with E-state index >= 15 is 0 Å². The Labute approximate surface area is 129 Å². The molecule has 4 heteroatoms. The third kappa shape index (κ3) is 6.44. The number of nitrogens with zero attached hydrogens (tertiary/aromatic N) is 2. The number of likely N-dealkylation sites (N-methyl/N-ethyl adjacent to an activating group) is 1. The molecule has 1 N–H and O–H groups in total. The molecule has 0 unspecified atom stereocenters. The second kappa shape index (κ2) is 9.74. The summed E-state index contributed by atoms with van der Waals surface area (Å²) >= 11 is 0. The van der Waals surface area contributed by atoms with Crippen LogP contribution in [-0.4, -0.2) is 45.2 Å². The van der Waals surface area contributed by atoms with Gasteiger partial charge in [0.25, 0.3) is 0 Å². The van der Waals surface area contributed by atoms with Crippen LogP contribution in [0.2, 0.25) is 0 Å². The number of hydrogen-bond donors (Lipinski definition) is 1. The van der Waals surface area contributed by atoms with E-state index in [0.29, 0.717) is 0 Å². The minimum absolute atomic E-state index is 0.117. The highest BCUT2D eigenvalue weighted by atomic mass is 19.1.